The van der Waals surface area contributed by atoms with E-state index in [9.17, 15) is 27.6 Å². The average molecular weight is 583 g/mol. The van der Waals surface area contributed by atoms with Crippen molar-refractivity contribution < 1.29 is 27.6 Å². The Labute approximate surface area is 241 Å². The molecule has 42 heavy (non-hydrogen) atoms. The van der Waals surface area contributed by atoms with E-state index in [0.717, 1.165) is 37.0 Å². The van der Waals surface area contributed by atoms with Gasteiger partial charge in [0.2, 0.25) is 5.91 Å². The van der Waals surface area contributed by atoms with Gasteiger partial charge in [0.25, 0.3) is 11.8 Å². The van der Waals surface area contributed by atoms with Crippen molar-refractivity contribution in [1.82, 2.24) is 20.0 Å². The number of likely N-dealkylation sites (N-methyl/N-ethyl adjacent to an activating group) is 1. The van der Waals surface area contributed by atoms with Gasteiger partial charge in [-0.2, -0.15) is 18.3 Å². The smallest absolute Gasteiger partial charge is 0.352 e. The van der Waals surface area contributed by atoms with Crippen LogP contribution in [0.15, 0.2) is 48.5 Å². The molecule has 3 amide bonds. The lowest BCUT2D eigenvalue weighted by Crippen LogP contribution is -2.39. The van der Waals surface area contributed by atoms with Crippen molar-refractivity contribution >= 4 is 29.1 Å². The Bertz CT molecular complexity index is 1480. The predicted octanol–water partition coefficient (Wildman–Crippen LogP) is 4.29. The van der Waals surface area contributed by atoms with E-state index in [1.165, 1.54) is 17.0 Å². The van der Waals surface area contributed by atoms with Gasteiger partial charge in [0, 0.05) is 42.6 Å². The van der Waals surface area contributed by atoms with Gasteiger partial charge in [-0.1, -0.05) is 13.0 Å². The Morgan fingerprint density at radius 2 is 1.74 bits per heavy atom. The Hall–Kier alpha value is -4.19. The van der Waals surface area contributed by atoms with Gasteiger partial charge < -0.3 is 15.1 Å². The molecular formula is C30H33F3N6O3. The molecule has 12 heteroatoms. The summed E-state index contributed by atoms with van der Waals surface area (Å²) >= 11 is 0. The van der Waals surface area contributed by atoms with E-state index in [4.69, 9.17) is 0 Å². The minimum Gasteiger partial charge on any atom is -0.352 e. The summed E-state index contributed by atoms with van der Waals surface area (Å²) in [7, 11) is 1.69. The maximum atomic E-state index is 14.0. The van der Waals surface area contributed by atoms with Crippen LogP contribution in [0.2, 0.25) is 0 Å². The number of amides is 3. The van der Waals surface area contributed by atoms with Gasteiger partial charge in [0.1, 0.15) is 5.69 Å². The Balaban J connectivity index is 1.43. The summed E-state index contributed by atoms with van der Waals surface area (Å²) in [6.45, 7) is 4.53. The predicted molar refractivity (Wildman–Crippen MR) is 152 cm³/mol. The maximum Gasteiger partial charge on any atom is 0.435 e. The monoisotopic (exact) mass is 582 g/mol. The summed E-state index contributed by atoms with van der Waals surface area (Å²) in [5, 5.41) is 6.58. The summed E-state index contributed by atoms with van der Waals surface area (Å²) in [5.74, 6) is -1.04. The second kappa shape index (κ2) is 12.0. The highest BCUT2D eigenvalue weighted by atomic mass is 19.4. The van der Waals surface area contributed by atoms with Gasteiger partial charge in [-0.3, -0.25) is 19.3 Å². The zero-order chi connectivity index (χ0) is 30.0. The van der Waals surface area contributed by atoms with Crippen LogP contribution in [-0.4, -0.2) is 72.2 Å². The van der Waals surface area contributed by atoms with Crippen LogP contribution in [-0.2, 0) is 17.4 Å². The van der Waals surface area contributed by atoms with E-state index in [1.807, 2.05) is 6.92 Å². The van der Waals surface area contributed by atoms with Crippen molar-refractivity contribution in [1.29, 1.82) is 0 Å². The molecular weight excluding hydrogens is 549 g/mol. The number of nitrogens with zero attached hydrogens (tertiary/aromatic N) is 5. The number of benzene rings is 2. The molecule has 222 valence electrons. The molecule has 0 spiro atoms. The number of likely N-dealkylation sites (tertiary alicyclic amines) is 1. The second-order valence-electron chi connectivity index (χ2n) is 10.6. The molecule has 2 aromatic carbocycles. The fraction of sp³-hybridized carbons (Fsp3) is 0.400. The lowest BCUT2D eigenvalue weighted by Gasteiger charge is -2.28. The zero-order valence-electron chi connectivity index (χ0n) is 23.6. The molecule has 0 unspecified atom stereocenters. The average Bonchev–Trinajstić information content (AvgIpc) is 3.64. The molecule has 1 saturated heterocycles. The Morgan fingerprint density at radius 3 is 2.40 bits per heavy atom. The molecule has 0 aliphatic carbocycles. The lowest BCUT2D eigenvalue weighted by molar-refractivity contribution is -0.142. The van der Waals surface area contributed by atoms with Gasteiger partial charge in [-0.05, 0) is 81.2 Å². The molecule has 2 aliphatic rings. The highest BCUT2D eigenvalue weighted by Crippen LogP contribution is 2.37. The third-order valence-electron chi connectivity index (χ3n) is 7.65. The minimum absolute atomic E-state index is 0.0309. The van der Waals surface area contributed by atoms with Gasteiger partial charge in [0.15, 0.2) is 5.69 Å². The van der Waals surface area contributed by atoms with Crippen LogP contribution in [0, 0.1) is 0 Å². The van der Waals surface area contributed by atoms with E-state index in [-0.39, 0.29) is 47.3 Å². The number of fused-ring (bicyclic) bond motifs is 1. The van der Waals surface area contributed by atoms with Crippen LogP contribution >= 0.6 is 0 Å². The van der Waals surface area contributed by atoms with Gasteiger partial charge in [-0.25, -0.2) is 4.68 Å². The molecule has 1 aromatic heterocycles. The normalized spacial score (nSPS) is 15.5. The van der Waals surface area contributed by atoms with Crippen molar-refractivity contribution in [3.8, 4) is 5.69 Å². The first-order chi connectivity index (χ1) is 20.1. The molecule has 3 aromatic rings. The summed E-state index contributed by atoms with van der Waals surface area (Å²) in [6.07, 6.45) is -1.92. The first-order valence-corrected chi connectivity index (χ1v) is 14.1. The highest BCUT2D eigenvalue weighted by Gasteiger charge is 2.43. The number of halogens is 3. The number of hydrogen-bond donors (Lipinski definition) is 1. The third-order valence-corrected chi connectivity index (χ3v) is 7.65. The quantitative estimate of drug-likeness (QED) is 0.428. The molecule has 1 fully saturated rings. The van der Waals surface area contributed by atoms with Gasteiger partial charge in [-0.15, -0.1) is 0 Å². The van der Waals surface area contributed by atoms with Crippen LogP contribution in [0.25, 0.3) is 5.69 Å². The van der Waals surface area contributed by atoms with Gasteiger partial charge in [0.05, 0.1) is 12.2 Å². The fourth-order valence-corrected chi connectivity index (χ4v) is 5.38. The lowest BCUT2D eigenvalue weighted by atomic mass is 10.0. The summed E-state index contributed by atoms with van der Waals surface area (Å²) in [5.41, 5.74) is 0.0850. The fourth-order valence-electron chi connectivity index (χ4n) is 5.38. The molecule has 5 rings (SSSR count). The van der Waals surface area contributed by atoms with Crippen LogP contribution < -0.4 is 15.1 Å². The van der Waals surface area contributed by atoms with E-state index in [1.54, 1.807) is 48.3 Å². The number of hydrogen-bond acceptors (Lipinski definition) is 5. The number of anilines is 2. The van der Waals surface area contributed by atoms with Crippen molar-refractivity contribution in [3.63, 3.8) is 0 Å². The van der Waals surface area contributed by atoms with Crippen LogP contribution in [0.5, 0.6) is 0 Å². The Kier molecular flexibility index (Phi) is 8.35. The van der Waals surface area contributed by atoms with Gasteiger partial charge >= 0.3 is 6.18 Å². The van der Waals surface area contributed by atoms with Crippen molar-refractivity contribution in [2.75, 3.05) is 49.6 Å². The molecule has 0 atom stereocenters. The third kappa shape index (κ3) is 5.89. The second-order valence-corrected chi connectivity index (χ2v) is 10.6. The van der Waals surface area contributed by atoms with Crippen molar-refractivity contribution in [2.24, 2.45) is 0 Å². The topological polar surface area (TPSA) is 90.8 Å². The number of aromatic nitrogens is 2. The minimum atomic E-state index is -4.76. The standard InChI is InChI=1S/C30H33F3N6O3/c1-3-14-34-28(41)20-7-6-8-23(18-20)39-26-24(27(35-39)30(31,32)33)13-17-38(29(26)42)22-11-9-21(10-12-22)36(2)25(40)19-37-15-4-5-16-37/h6-12,18H,3-5,13-17,19H2,1-2H3,(H,34,41). The SMILES string of the molecule is CCCNC(=O)c1cccc(-n2nc(C(F)(F)F)c3c2C(=O)N(c2ccc(N(C)C(=O)CN4CCCC4)cc2)CC3)c1. The summed E-state index contributed by atoms with van der Waals surface area (Å²) in [6, 6.07) is 12.8. The van der Waals surface area contributed by atoms with Crippen LogP contribution in [0.3, 0.4) is 0 Å². The van der Waals surface area contributed by atoms with Crippen molar-refractivity contribution in [3.05, 3.63) is 71.0 Å². The van der Waals surface area contributed by atoms with Crippen LogP contribution in [0.1, 0.15) is 58.3 Å². The van der Waals surface area contributed by atoms with E-state index in [0.29, 0.717) is 24.5 Å². The van der Waals surface area contributed by atoms with E-state index in [2.05, 4.69) is 15.3 Å². The van der Waals surface area contributed by atoms with E-state index < -0.39 is 17.8 Å². The maximum absolute atomic E-state index is 14.0. The highest BCUT2D eigenvalue weighted by molar-refractivity contribution is 6.08. The first kappa shape index (κ1) is 29.3. The summed E-state index contributed by atoms with van der Waals surface area (Å²) < 4.78 is 43.0. The zero-order valence-corrected chi connectivity index (χ0v) is 23.6. The number of rotatable bonds is 8. The molecule has 3 heterocycles. The molecule has 0 saturated carbocycles. The molecule has 2 aliphatic heterocycles. The van der Waals surface area contributed by atoms with Crippen molar-refractivity contribution in [2.45, 2.75) is 38.8 Å². The number of nitrogens with one attached hydrogen (secondary N) is 1. The van der Waals surface area contributed by atoms with E-state index >= 15 is 0 Å². The molecule has 0 bridgehead atoms. The largest absolute Gasteiger partial charge is 0.435 e. The molecule has 0 radical (unpaired) electrons. The van der Waals surface area contributed by atoms with Crippen LogP contribution in [0.4, 0.5) is 24.5 Å². The molecule has 9 nitrogen and oxygen atoms in total. The number of carbonyl (C=O) groups excluding carboxylic acids is 3. The number of carbonyl (C=O) groups is 3. The first-order valence-electron chi connectivity index (χ1n) is 14.1. The Morgan fingerprint density at radius 1 is 1.02 bits per heavy atom. The number of alkyl halides is 3. The molecule has 1 N–H and O–H groups in total. The summed E-state index contributed by atoms with van der Waals surface area (Å²) in [4.78, 5) is 44.1.